The molecule has 0 spiro atoms. The largest absolute Gasteiger partial charge is 0.372 e. The van der Waals surface area contributed by atoms with Crippen LogP contribution in [0.25, 0.3) is 5.57 Å². The highest BCUT2D eigenvalue weighted by molar-refractivity contribution is 6.46. The van der Waals surface area contributed by atoms with E-state index in [1.54, 1.807) is 18.2 Å². The van der Waals surface area contributed by atoms with Crippen molar-refractivity contribution in [2.75, 3.05) is 28.2 Å². The summed E-state index contributed by atoms with van der Waals surface area (Å²) in [5, 5.41) is 3.18. The standard InChI is InChI=1S/C28H26FN3O2/c1-19-14-16-31(17-15-19)23-12-10-22(11-13-23)30-26-25(20-6-3-2-4-7-20)27(33)32(28(26)34)24-9-5-8-21(29)18-24/h2-13,18-19,30H,14-17H2,1H3. The van der Waals surface area contributed by atoms with Crippen molar-refractivity contribution in [2.24, 2.45) is 5.92 Å². The third-order valence-electron chi connectivity index (χ3n) is 6.50. The van der Waals surface area contributed by atoms with Crippen molar-refractivity contribution in [3.63, 3.8) is 0 Å². The maximum absolute atomic E-state index is 13.9. The predicted molar refractivity (Wildman–Crippen MR) is 133 cm³/mol. The zero-order valence-electron chi connectivity index (χ0n) is 19.0. The molecule has 6 heteroatoms. The van der Waals surface area contributed by atoms with E-state index in [-0.39, 0.29) is 17.0 Å². The molecule has 1 N–H and O–H groups in total. The second-order valence-corrected chi connectivity index (χ2v) is 8.88. The van der Waals surface area contributed by atoms with E-state index in [0.717, 1.165) is 29.6 Å². The first-order valence-electron chi connectivity index (χ1n) is 11.6. The number of carbonyl (C=O) groups is 2. The molecule has 0 unspecified atom stereocenters. The van der Waals surface area contributed by atoms with Gasteiger partial charge in [-0.05, 0) is 66.8 Å². The molecule has 3 aromatic carbocycles. The summed E-state index contributed by atoms with van der Waals surface area (Å²) in [5.41, 5.74) is 3.13. The number of benzene rings is 3. The van der Waals surface area contributed by atoms with Crippen LogP contribution in [0.2, 0.25) is 0 Å². The van der Waals surface area contributed by atoms with Crippen LogP contribution in [0.5, 0.6) is 0 Å². The Balaban J connectivity index is 1.46. The van der Waals surface area contributed by atoms with Gasteiger partial charge in [-0.1, -0.05) is 43.3 Å². The van der Waals surface area contributed by atoms with Crippen LogP contribution in [0.15, 0.2) is 84.6 Å². The highest BCUT2D eigenvalue weighted by atomic mass is 19.1. The van der Waals surface area contributed by atoms with Gasteiger partial charge in [-0.15, -0.1) is 0 Å². The fraction of sp³-hybridized carbons (Fsp3) is 0.214. The average Bonchev–Trinajstić information content (AvgIpc) is 3.09. The lowest BCUT2D eigenvalue weighted by Crippen LogP contribution is -2.32. The number of nitrogens with zero attached hydrogens (tertiary/aromatic N) is 2. The molecule has 0 aromatic heterocycles. The topological polar surface area (TPSA) is 52.7 Å². The SMILES string of the molecule is CC1CCN(c2ccc(NC3=C(c4ccccc4)C(=O)N(c4cccc(F)c4)C3=O)cc2)CC1. The fourth-order valence-electron chi connectivity index (χ4n) is 4.53. The minimum absolute atomic E-state index is 0.181. The molecule has 1 fully saturated rings. The average molecular weight is 456 g/mol. The van der Waals surface area contributed by atoms with Gasteiger partial charge in [-0.25, -0.2) is 9.29 Å². The van der Waals surface area contributed by atoms with E-state index in [1.807, 2.05) is 42.5 Å². The van der Waals surface area contributed by atoms with Gasteiger partial charge in [-0.3, -0.25) is 9.59 Å². The Labute approximate surface area is 198 Å². The number of carbonyl (C=O) groups excluding carboxylic acids is 2. The predicted octanol–water partition coefficient (Wildman–Crippen LogP) is 5.46. The molecule has 2 heterocycles. The molecule has 1 saturated heterocycles. The summed E-state index contributed by atoms with van der Waals surface area (Å²) in [6.07, 6.45) is 2.36. The zero-order chi connectivity index (χ0) is 23.7. The van der Waals surface area contributed by atoms with E-state index < -0.39 is 17.6 Å². The second kappa shape index (κ2) is 9.14. The molecule has 2 aliphatic heterocycles. The molecule has 172 valence electrons. The molecule has 2 amide bonds. The monoisotopic (exact) mass is 455 g/mol. The normalized spacial score (nSPS) is 17.0. The number of halogens is 1. The number of hydrogen-bond acceptors (Lipinski definition) is 4. The first-order valence-corrected chi connectivity index (χ1v) is 11.6. The van der Waals surface area contributed by atoms with Crippen LogP contribution >= 0.6 is 0 Å². The third kappa shape index (κ3) is 4.19. The summed E-state index contributed by atoms with van der Waals surface area (Å²) in [4.78, 5) is 30.2. The summed E-state index contributed by atoms with van der Waals surface area (Å²) >= 11 is 0. The van der Waals surface area contributed by atoms with E-state index in [4.69, 9.17) is 0 Å². The minimum Gasteiger partial charge on any atom is -0.372 e. The Hall–Kier alpha value is -3.93. The number of piperidine rings is 1. The Kier molecular flexibility index (Phi) is 5.88. The maximum atomic E-state index is 13.9. The quantitative estimate of drug-likeness (QED) is 0.519. The summed E-state index contributed by atoms with van der Waals surface area (Å²) < 4.78 is 13.9. The molecule has 2 aliphatic rings. The van der Waals surface area contributed by atoms with Crippen LogP contribution in [0.4, 0.5) is 21.5 Å². The highest BCUT2D eigenvalue weighted by Crippen LogP contribution is 2.34. The van der Waals surface area contributed by atoms with Crippen molar-refractivity contribution in [1.29, 1.82) is 0 Å². The first kappa shape index (κ1) is 21.9. The van der Waals surface area contributed by atoms with Gasteiger partial charge in [0, 0.05) is 24.5 Å². The summed E-state index contributed by atoms with van der Waals surface area (Å²) in [5.74, 6) is -0.747. The molecule has 3 aromatic rings. The number of rotatable bonds is 5. The molecule has 0 bridgehead atoms. The van der Waals surface area contributed by atoms with Gasteiger partial charge in [-0.2, -0.15) is 0 Å². The van der Waals surface area contributed by atoms with Gasteiger partial charge in [0.1, 0.15) is 11.5 Å². The molecule has 5 rings (SSSR count). The summed E-state index contributed by atoms with van der Waals surface area (Å²) in [6, 6.07) is 22.5. The van der Waals surface area contributed by atoms with Crippen molar-refractivity contribution in [2.45, 2.75) is 19.8 Å². The van der Waals surface area contributed by atoms with Gasteiger partial charge in [0.05, 0.1) is 11.3 Å². The fourth-order valence-corrected chi connectivity index (χ4v) is 4.53. The van der Waals surface area contributed by atoms with Crippen LogP contribution in [-0.4, -0.2) is 24.9 Å². The van der Waals surface area contributed by atoms with Crippen LogP contribution in [0.1, 0.15) is 25.3 Å². The second-order valence-electron chi connectivity index (χ2n) is 8.88. The van der Waals surface area contributed by atoms with E-state index in [9.17, 15) is 14.0 Å². The number of imide groups is 1. The van der Waals surface area contributed by atoms with E-state index in [0.29, 0.717) is 11.3 Å². The molecular weight excluding hydrogens is 429 g/mol. The van der Waals surface area contributed by atoms with Crippen molar-refractivity contribution >= 4 is 34.4 Å². The van der Waals surface area contributed by atoms with E-state index in [1.165, 1.54) is 31.0 Å². The first-order chi connectivity index (χ1) is 16.5. The van der Waals surface area contributed by atoms with Crippen LogP contribution in [-0.2, 0) is 9.59 Å². The van der Waals surface area contributed by atoms with Crippen LogP contribution < -0.4 is 15.1 Å². The Bertz CT molecular complexity index is 1250. The zero-order valence-corrected chi connectivity index (χ0v) is 19.0. The summed E-state index contributed by atoms with van der Waals surface area (Å²) in [6.45, 7) is 4.36. The Morgan fingerprint density at radius 2 is 1.53 bits per heavy atom. The molecule has 34 heavy (non-hydrogen) atoms. The van der Waals surface area contributed by atoms with Gasteiger partial charge >= 0.3 is 0 Å². The minimum atomic E-state index is -0.511. The molecule has 0 radical (unpaired) electrons. The van der Waals surface area contributed by atoms with Crippen molar-refractivity contribution in [1.82, 2.24) is 0 Å². The van der Waals surface area contributed by atoms with Gasteiger partial charge in [0.25, 0.3) is 11.8 Å². The Morgan fingerprint density at radius 3 is 2.21 bits per heavy atom. The van der Waals surface area contributed by atoms with Crippen LogP contribution in [0.3, 0.4) is 0 Å². The number of hydrogen-bond donors (Lipinski definition) is 1. The van der Waals surface area contributed by atoms with Crippen LogP contribution in [0, 0.1) is 11.7 Å². The smallest absolute Gasteiger partial charge is 0.282 e. The lowest BCUT2D eigenvalue weighted by atomic mass is 9.99. The van der Waals surface area contributed by atoms with E-state index in [2.05, 4.69) is 17.1 Å². The molecule has 5 nitrogen and oxygen atoms in total. The molecule has 0 aliphatic carbocycles. The van der Waals surface area contributed by atoms with Crippen molar-refractivity contribution < 1.29 is 14.0 Å². The molecule has 0 atom stereocenters. The van der Waals surface area contributed by atoms with Crippen molar-refractivity contribution in [3.8, 4) is 0 Å². The highest BCUT2D eigenvalue weighted by Gasteiger charge is 2.40. The maximum Gasteiger partial charge on any atom is 0.282 e. The third-order valence-corrected chi connectivity index (χ3v) is 6.50. The Morgan fingerprint density at radius 1 is 0.824 bits per heavy atom. The number of nitrogens with one attached hydrogen (secondary N) is 1. The number of amides is 2. The molecule has 0 saturated carbocycles. The lowest BCUT2D eigenvalue weighted by molar-refractivity contribution is -0.120. The van der Waals surface area contributed by atoms with Gasteiger partial charge in [0.2, 0.25) is 0 Å². The molecular formula is C28H26FN3O2. The van der Waals surface area contributed by atoms with Gasteiger partial charge < -0.3 is 10.2 Å². The summed E-state index contributed by atoms with van der Waals surface area (Å²) in [7, 11) is 0. The number of anilines is 3. The lowest BCUT2D eigenvalue weighted by Gasteiger charge is -2.32. The van der Waals surface area contributed by atoms with Gasteiger partial charge in [0.15, 0.2) is 0 Å². The van der Waals surface area contributed by atoms with E-state index >= 15 is 0 Å². The van der Waals surface area contributed by atoms with Crippen molar-refractivity contribution in [3.05, 3.63) is 95.9 Å².